The first-order valence-electron chi connectivity index (χ1n) is 9.00. The highest BCUT2D eigenvalue weighted by Crippen LogP contribution is 2.21. The van der Waals surface area contributed by atoms with Gasteiger partial charge in [-0.05, 0) is 31.0 Å². The van der Waals surface area contributed by atoms with E-state index in [4.69, 9.17) is 0 Å². The van der Waals surface area contributed by atoms with Crippen LogP contribution in [0.15, 0.2) is 23.1 Å². The molecule has 0 unspecified atom stereocenters. The minimum Gasteiger partial charge on any atom is -0.349 e. The molecule has 0 saturated heterocycles. The summed E-state index contributed by atoms with van der Waals surface area (Å²) in [6.07, 6.45) is 6.15. The summed E-state index contributed by atoms with van der Waals surface area (Å²) >= 11 is 0. The summed E-state index contributed by atoms with van der Waals surface area (Å²) in [6.45, 7) is 4.12. The molecule has 1 amide bonds. The van der Waals surface area contributed by atoms with Gasteiger partial charge >= 0.3 is 0 Å². The fourth-order valence-electron chi connectivity index (χ4n) is 3.24. The summed E-state index contributed by atoms with van der Waals surface area (Å²) in [7, 11) is -3.73. The molecule has 5 nitrogen and oxygen atoms in total. The topological polar surface area (TPSA) is 66.5 Å². The van der Waals surface area contributed by atoms with Crippen LogP contribution in [-0.2, 0) is 10.0 Å². The van der Waals surface area contributed by atoms with Crippen LogP contribution in [0.1, 0.15) is 62.7 Å². The Morgan fingerprint density at radius 3 is 2.32 bits per heavy atom. The Hall–Kier alpha value is -1.47. The van der Waals surface area contributed by atoms with Gasteiger partial charge < -0.3 is 5.32 Å². The molecule has 0 heterocycles. The zero-order valence-electron chi connectivity index (χ0n) is 14.9. The number of hydrogen-bond donors (Lipinski definition) is 1. The molecule has 1 saturated carbocycles. The third-order valence-electron chi connectivity index (χ3n) is 4.72. The van der Waals surface area contributed by atoms with Crippen molar-refractivity contribution in [1.82, 2.24) is 9.62 Å². The van der Waals surface area contributed by atoms with E-state index in [-0.39, 0.29) is 16.5 Å². The molecule has 2 rings (SSSR count). The third kappa shape index (κ3) is 4.79. The maximum Gasteiger partial charge on any atom is 0.254 e. The molecule has 0 atom stereocenters. The van der Waals surface area contributed by atoms with Crippen molar-refractivity contribution in [2.45, 2.75) is 63.3 Å². The zero-order chi connectivity index (χ0) is 18.4. The van der Waals surface area contributed by atoms with E-state index >= 15 is 0 Å². The van der Waals surface area contributed by atoms with Gasteiger partial charge in [0.2, 0.25) is 10.0 Å². The summed E-state index contributed by atoms with van der Waals surface area (Å²) in [4.78, 5) is 12.4. The zero-order valence-corrected chi connectivity index (χ0v) is 15.7. The normalized spacial score (nSPS) is 16.6. The lowest BCUT2D eigenvalue weighted by atomic mass is 10.1. The monoisotopic (exact) mass is 370 g/mol. The van der Waals surface area contributed by atoms with Crippen molar-refractivity contribution in [1.29, 1.82) is 0 Å². The molecule has 25 heavy (non-hydrogen) atoms. The highest BCUT2D eigenvalue weighted by molar-refractivity contribution is 7.89. The molecule has 0 aromatic heterocycles. The second-order valence-electron chi connectivity index (χ2n) is 6.39. The number of carbonyl (C=O) groups excluding carboxylic acids is 1. The molecule has 1 aliphatic rings. The van der Waals surface area contributed by atoms with E-state index in [1.165, 1.54) is 10.4 Å². The van der Waals surface area contributed by atoms with Crippen LogP contribution in [0.5, 0.6) is 0 Å². The maximum absolute atomic E-state index is 14.1. The van der Waals surface area contributed by atoms with Gasteiger partial charge in [-0.15, -0.1) is 0 Å². The van der Waals surface area contributed by atoms with E-state index in [1.807, 2.05) is 0 Å². The second kappa shape index (κ2) is 8.76. The molecule has 1 aliphatic carbocycles. The number of halogens is 1. The molecule has 7 heteroatoms. The summed E-state index contributed by atoms with van der Waals surface area (Å²) in [5, 5.41) is 2.86. The van der Waals surface area contributed by atoms with E-state index in [1.54, 1.807) is 13.8 Å². The van der Waals surface area contributed by atoms with Crippen LogP contribution in [0, 0.1) is 5.82 Å². The first-order chi connectivity index (χ1) is 11.9. The lowest BCUT2D eigenvalue weighted by Crippen LogP contribution is -2.35. The SMILES string of the molecule is CCN(CC)S(=O)(=O)c1ccc(F)c(C(=O)NC2CCCCCC2)c1. The van der Waals surface area contributed by atoms with Crippen LogP contribution in [-0.4, -0.2) is 37.8 Å². The standard InChI is InChI=1S/C18H27FN2O3S/c1-3-21(4-2)25(23,24)15-11-12-17(19)16(13-15)18(22)20-14-9-7-5-6-8-10-14/h11-14H,3-10H2,1-2H3,(H,20,22). The van der Waals surface area contributed by atoms with Gasteiger partial charge in [0.15, 0.2) is 0 Å². The predicted molar refractivity (Wildman–Crippen MR) is 95.5 cm³/mol. The molecule has 1 aromatic carbocycles. The Morgan fingerprint density at radius 1 is 1.16 bits per heavy atom. The molecule has 1 fully saturated rings. The Balaban J connectivity index is 2.24. The van der Waals surface area contributed by atoms with Crippen LogP contribution in [0.2, 0.25) is 0 Å². The number of sulfonamides is 1. The van der Waals surface area contributed by atoms with Gasteiger partial charge in [-0.2, -0.15) is 4.31 Å². The third-order valence-corrected chi connectivity index (χ3v) is 6.76. The summed E-state index contributed by atoms with van der Waals surface area (Å²) in [5.74, 6) is -1.24. The highest BCUT2D eigenvalue weighted by Gasteiger charge is 2.25. The second-order valence-corrected chi connectivity index (χ2v) is 8.33. The van der Waals surface area contributed by atoms with E-state index in [9.17, 15) is 17.6 Å². The number of benzene rings is 1. The van der Waals surface area contributed by atoms with E-state index < -0.39 is 21.7 Å². The van der Waals surface area contributed by atoms with Gasteiger partial charge in [-0.1, -0.05) is 39.5 Å². The van der Waals surface area contributed by atoms with E-state index in [0.29, 0.717) is 13.1 Å². The molecular weight excluding hydrogens is 343 g/mol. The fourth-order valence-corrected chi connectivity index (χ4v) is 4.72. The largest absolute Gasteiger partial charge is 0.349 e. The Bertz CT molecular complexity index is 694. The lowest BCUT2D eigenvalue weighted by molar-refractivity contribution is 0.0929. The van der Waals surface area contributed by atoms with Crippen molar-refractivity contribution in [3.63, 3.8) is 0 Å². The number of nitrogens with zero attached hydrogens (tertiary/aromatic N) is 1. The molecule has 1 N–H and O–H groups in total. The van der Waals surface area contributed by atoms with Crippen LogP contribution < -0.4 is 5.32 Å². The first-order valence-corrected chi connectivity index (χ1v) is 10.4. The molecule has 0 bridgehead atoms. The molecule has 0 aliphatic heterocycles. The number of hydrogen-bond acceptors (Lipinski definition) is 3. The maximum atomic E-state index is 14.1. The van der Waals surface area contributed by atoms with Gasteiger partial charge in [0.25, 0.3) is 5.91 Å². The van der Waals surface area contributed by atoms with Gasteiger partial charge in [0.1, 0.15) is 5.82 Å². The van der Waals surface area contributed by atoms with E-state index in [2.05, 4.69) is 5.32 Å². The number of nitrogens with one attached hydrogen (secondary N) is 1. The molecular formula is C18H27FN2O3S. The number of rotatable bonds is 6. The Labute approximate surface area is 149 Å². The molecule has 1 aromatic rings. The van der Waals surface area contributed by atoms with Gasteiger partial charge in [-0.25, -0.2) is 12.8 Å². The summed E-state index contributed by atoms with van der Waals surface area (Å²) in [6, 6.07) is 3.44. The van der Waals surface area contributed by atoms with Crippen molar-refractivity contribution in [3.05, 3.63) is 29.6 Å². The number of amides is 1. The average Bonchev–Trinajstić information content (AvgIpc) is 2.84. The van der Waals surface area contributed by atoms with Crippen LogP contribution in [0.4, 0.5) is 4.39 Å². The van der Waals surface area contributed by atoms with Gasteiger partial charge in [0, 0.05) is 19.1 Å². The van der Waals surface area contributed by atoms with Crippen molar-refractivity contribution in [3.8, 4) is 0 Å². The lowest BCUT2D eigenvalue weighted by Gasteiger charge is -2.20. The smallest absolute Gasteiger partial charge is 0.254 e. The Kier molecular flexibility index (Phi) is 6.95. The molecule has 140 valence electrons. The van der Waals surface area contributed by atoms with Crippen molar-refractivity contribution in [2.24, 2.45) is 0 Å². The van der Waals surface area contributed by atoms with Crippen LogP contribution in [0.3, 0.4) is 0 Å². The highest BCUT2D eigenvalue weighted by atomic mass is 32.2. The van der Waals surface area contributed by atoms with E-state index in [0.717, 1.165) is 50.7 Å². The minimum absolute atomic E-state index is 0.0254. The van der Waals surface area contributed by atoms with Crippen LogP contribution >= 0.6 is 0 Å². The predicted octanol–water partition coefficient (Wildman–Crippen LogP) is 3.31. The van der Waals surface area contributed by atoms with Crippen molar-refractivity contribution in [2.75, 3.05) is 13.1 Å². The van der Waals surface area contributed by atoms with Gasteiger partial charge in [0.05, 0.1) is 10.5 Å². The van der Waals surface area contributed by atoms with Crippen molar-refractivity contribution >= 4 is 15.9 Å². The molecule has 0 spiro atoms. The minimum atomic E-state index is -3.73. The number of carbonyl (C=O) groups is 1. The molecule has 0 radical (unpaired) electrons. The summed E-state index contributed by atoms with van der Waals surface area (Å²) < 4.78 is 40.6. The first kappa shape index (κ1) is 19.8. The van der Waals surface area contributed by atoms with Gasteiger partial charge in [-0.3, -0.25) is 4.79 Å². The van der Waals surface area contributed by atoms with Crippen LogP contribution in [0.25, 0.3) is 0 Å². The fraction of sp³-hybridized carbons (Fsp3) is 0.611. The quantitative estimate of drug-likeness (QED) is 0.781. The van der Waals surface area contributed by atoms with Crippen molar-refractivity contribution < 1.29 is 17.6 Å². The average molecular weight is 370 g/mol. The Morgan fingerprint density at radius 2 is 1.76 bits per heavy atom. The summed E-state index contributed by atoms with van der Waals surface area (Å²) in [5.41, 5.74) is -0.211.